The lowest BCUT2D eigenvalue weighted by Gasteiger charge is -2.32. The first-order valence-electron chi connectivity index (χ1n) is 9.13. The largest absolute Gasteiger partial charge is 0.444 e. The number of carbonyl (C=O) groups is 1. The van der Waals surface area contributed by atoms with Gasteiger partial charge in [-0.3, -0.25) is 0 Å². The highest BCUT2D eigenvalue weighted by Crippen LogP contribution is 2.33. The number of hydrogen-bond donors (Lipinski definition) is 0. The zero-order valence-electron chi connectivity index (χ0n) is 15.8. The van der Waals surface area contributed by atoms with E-state index in [1.54, 1.807) is 26.9 Å². The summed E-state index contributed by atoms with van der Waals surface area (Å²) in [4.78, 5) is 23.3. The molecule has 0 unspecified atom stereocenters. The van der Waals surface area contributed by atoms with Gasteiger partial charge in [-0.15, -0.1) is 11.3 Å². The van der Waals surface area contributed by atoms with E-state index < -0.39 is 5.60 Å². The van der Waals surface area contributed by atoms with E-state index in [-0.39, 0.29) is 6.09 Å². The van der Waals surface area contributed by atoms with E-state index in [0.29, 0.717) is 19.0 Å². The second-order valence-electron chi connectivity index (χ2n) is 7.77. The quantitative estimate of drug-likeness (QED) is 0.667. The third-order valence-electron chi connectivity index (χ3n) is 4.60. The highest BCUT2D eigenvalue weighted by Gasteiger charge is 2.28. The predicted molar refractivity (Wildman–Crippen MR) is 104 cm³/mol. The summed E-state index contributed by atoms with van der Waals surface area (Å²) in [6, 6.07) is 1.86. The minimum absolute atomic E-state index is 0.225. The predicted octanol–water partition coefficient (Wildman–Crippen LogP) is 3.97. The minimum Gasteiger partial charge on any atom is -0.444 e. The van der Waals surface area contributed by atoms with Gasteiger partial charge in [0.2, 0.25) is 0 Å². The Morgan fingerprint density at radius 1 is 1.30 bits per heavy atom. The molecule has 1 aliphatic heterocycles. The number of aromatic nitrogens is 4. The SMILES string of the molecule is CC(C)(C)OC(=O)N1CCC(c2csc(-c3cnn4cccnc34)n2)CC1. The van der Waals surface area contributed by atoms with Gasteiger partial charge in [0.05, 0.1) is 17.5 Å². The van der Waals surface area contributed by atoms with Crippen LogP contribution in [0.2, 0.25) is 0 Å². The van der Waals surface area contributed by atoms with Crippen LogP contribution in [0.25, 0.3) is 16.2 Å². The molecule has 0 aromatic carbocycles. The van der Waals surface area contributed by atoms with Crippen LogP contribution in [0.4, 0.5) is 4.79 Å². The molecule has 0 atom stereocenters. The fraction of sp³-hybridized carbons (Fsp3) is 0.474. The van der Waals surface area contributed by atoms with Crippen LogP contribution in [-0.4, -0.2) is 49.3 Å². The number of amides is 1. The van der Waals surface area contributed by atoms with Crippen molar-refractivity contribution < 1.29 is 9.53 Å². The van der Waals surface area contributed by atoms with E-state index in [4.69, 9.17) is 9.72 Å². The molecular formula is C19H23N5O2S. The van der Waals surface area contributed by atoms with Crippen molar-refractivity contribution in [2.45, 2.75) is 45.1 Å². The molecule has 1 saturated heterocycles. The number of likely N-dealkylation sites (tertiary alicyclic amines) is 1. The number of fused-ring (bicyclic) bond motifs is 1. The standard InChI is InChI=1S/C19H23N5O2S/c1-19(2,3)26-18(25)23-9-5-13(6-10-23)15-12-27-17(22-15)14-11-21-24-8-4-7-20-16(14)24/h4,7-8,11-13H,5-6,9-10H2,1-3H3. The smallest absolute Gasteiger partial charge is 0.410 e. The normalized spacial score (nSPS) is 16.0. The lowest BCUT2D eigenvalue weighted by Crippen LogP contribution is -2.41. The van der Waals surface area contributed by atoms with Crippen molar-refractivity contribution in [1.82, 2.24) is 24.5 Å². The number of ether oxygens (including phenoxy) is 1. The maximum atomic E-state index is 12.2. The molecule has 1 aliphatic rings. The Balaban J connectivity index is 1.44. The Hall–Kier alpha value is -2.48. The number of rotatable bonds is 2. The molecule has 4 rings (SSSR count). The number of nitrogens with zero attached hydrogens (tertiary/aromatic N) is 5. The molecule has 3 aromatic heterocycles. The van der Waals surface area contributed by atoms with Gasteiger partial charge in [0.25, 0.3) is 0 Å². The molecule has 27 heavy (non-hydrogen) atoms. The summed E-state index contributed by atoms with van der Waals surface area (Å²) in [5.74, 6) is 0.364. The fourth-order valence-electron chi connectivity index (χ4n) is 3.26. The summed E-state index contributed by atoms with van der Waals surface area (Å²) in [6.45, 7) is 7.08. The summed E-state index contributed by atoms with van der Waals surface area (Å²) in [5.41, 5.74) is 2.41. The van der Waals surface area contributed by atoms with Crippen LogP contribution >= 0.6 is 11.3 Å². The first-order chi connectivity index (χ1) is 12.9. The molecule has 0 aliphatic carbocycles. The van der Waals surface area contributed by atoms with E-state index in [1.807, 2.05) is 39.2 Å². The topological polar surface area (TPSA) is 72.6 Å². The second-order valence-corrected chi connectivity index (χ2v) is 8.62. The number of hydrogen-bond acceptors (Lipinski definition) is 6. The highest BCUT2D eigenvalue weighted by atomic mass is 32.1. The molecule has 0 saturated carbocycles. The number of carbonyl (C=O) groups excluding carboxylic acids is 1. The molecule has 1 amide bonds. The van der Waals surface area contributed by atoms with Crippen molar-refractivity contribution in [3.8, 4) is 10.6 Å². The van der Waals surface area contributed by atoms with E-state index in [0.717, 1.165) is 34.8 Å². The first-order valence-corrected chi connectivity index (χ1v) is 10.0. The molecule has 0 bridgehead atoms. The fourth-order valence-corrected chi connectivity index (χ4v) is 4.17. The second kappa shape index (κ2) is 6.92. The Morgan fingerprint density at radius 2 is 2.07 bits per heavy atom. The van der Waals surface area contributed by atoms with Gasteiger partial charge in [0, 0.05) is 36.8 Å². The third-order valence-corrected chi connectivity index (χ3v) is 5.49. The van der Waals surface area contributed by atoms with Crippen LogP contribution in [0.3, 0.4) is 0 Å². The van der Waals surface area contributed by atoms with Crippen LogP contribution in [0.5, 0.6) is 0 Å². The van der Waals surface area contributed by atoms with Crippen molar-refractivity contribution in [1.29, 1.82) is 0 Å². The third kappa shape index (κ3) is 3.80. The van der Waals surface area contributed by atoms with Crippen molar-refractivity contribution in [2.24, 2.45) is 0 Å². The Morgan fingerprint density at radius 3 is 2.81 bits per heavy atom. The van der Waals surface area contributed by atoms with Gasteiger partial charge in [-0.25, -0.2) is 19.3 Å². The van der Waals surface area contributed by atoms with E-state index in [1.165, 1.54) is 0 Å². The maximum absolute atomic E-state index is 12.2. The van der Waals surface area contributed by atoms with Crippen LogP contribution in [0.1, 0.15) is 45.2 Å². The van der Waals surface area contributed by atoms with Gasteiger partial charge in [-0.05, 0) is 39.7 Å². The Bertz CT molecular complexity index is 950. The minimum atomic E-state index is -0.458. The zero-order valence-corrected chi connectivity index (χ0v) is 16.6. The van der Waals surface area contributed by atoms with Crippen molar-refractivity contribution in [2.75, 3.05) is 13.1 Å². The van der Waals surface area contributed by atoms with Crippen LogP contribution in [0, 0.1) is 0 Å². The van der Waals surface area contributed by atoms with E-state index in [2.05, 4.69) is 15.5 Å². The van der Waals surface area contributed by atoms with Gasteiger partial charge in [-0.2, -0.15) is 5.10 Å². The molecule has 3 aromatic rings. The summed E-state index contributed by atoms with van der Waals surface area (Å²) in [6.07, 6.45) is 7.03. The number of thiazole rings is 1. The van der Waals surface area contributed by atoms with Crippen LogP contribution < -0.4 is 0 Å². The average Bonchev–Trinajstić information content (AvgIpc) is 3.27. The lowest BCUT2D eigenvalue weighted by molar-refractivity contribution is 0.0204. The molecule has 8 heteroatoms. The Labute approximate surface area is 162 Å². The van der Waals surface area contributed by atoms with Gasteiger partial charge in [0.15, 0.2) is 5.65 Å². The van der Waals surface area contributed by atoms with Crippen molar-refractivity contribution >= 4 is 23.1 Å². The number of piperidine rings is 1. The molecule has 1 fully saturated rings. The molecule has 4 heterocycles. The van der Waals surface area contributed by atoms with Crippen LogP contribution in [-0.2, 0) is 4.74 Å². The van der Waals surface area contributed by atoms with Crippen molar-refractivity contribution in [3.63, 3.8) is 0 Å². The average molecular weight is 385 g/mol. The van der Waals surface area contributed by atoms with Crippen molar-refractivity contribution in [3.05, 3.63) is 35.7 Å². The summed E-state index contributed by atoms with van der Waals surface area (Å²) in [5, 5.41) is 7.40. The van der Waals surface area contributed by atoms with Gasteiger partial charge in [0.1, 0.15) is 10.6 Å². The molecule has 0 radical (unpaired) electrons. The van der Waals surface area contributed by atoms with E-state index in [9.17, 15) is 4.79 Å². The lowest BCUT2D eigenvalue weighted by atomic mass is 9.94. The molecule has 0 spiro atoms. The zero-order chi connectivity index (χ0) is 19.0. The highest BCUT2D eigenvalue weighted by molar-refractivity contribution is 7.13. The van der Waals surface area contributed by atoms with Crippen LogP contribution in [0.15, 0.2) is 30.0 Å². The molecule has 142 valence electrons. The summed E-state index contributed by atoms with van der Waals surface area (Å²) in [7, 11) is 0. The Kier molecular flexibility index (Phi) is 4.59. The molecule has 7 nitrogen and oxygen atoms in total. The van der Waals surface area contributed by atoms with Gasteiger partial charge in [-0.1, -0.05) is 0 Å². The summed E-state index contributed by atoms with van der Waals surface area (Å²) < 4.78 is 7.23. The maximum Gasteiger partial charge on any atom is 0.410 e. The van der Waals surface area contributed by atoms with E-state index >= 15 is 0 Å². The molecular weight excluding hydrogens is 362 g/mol. The molecule has 0 N–H and O–H groups in total. The monoisotopic (exact) mass is 385 g/mol. The first kappa shape index (κ1) is 17.9. The van der Waals surface area contributed by atoms with Gasteiger partial charge < -0.3 is 9.64 Å². The van der Waals surface area contributed by atoms with Gasteiger partial charge >= 0.3 is 6.09 Å². The summed E-state index contributed by atoms with van der Waals surface area (Å²) >= 11 is 1.62.